The van der Waals surface area contributed by atoms with Crippen molar-refractivity contribution in [2.75, 3.05) is 16.8 Å². The molecule has 0 bridgehead atoms. The first-order valence-corrected chi connectivity index (χ1v) is 15.3. The summed E-state index contributed by atoms with van der Waals surface area (Å²) in [7, 11) is 0. The molecule has 2 aliphatic heterocycles. The van der Waals surface area contributed by atoms with Crippen LogP contribution in [0.5, 0.6) is 5.75 Å². The number of thioether (sulfide) groups is 2. The lowest BCUT2D eigenvalue weighted by Crippen LogP contribution is -2.70. The number of β-lactam (4-membered cyclic amide) rings is 1. The molecule has 19 heteroatoms. The van der Waals surface area contributed by atoms with Gasteiger partial charge in [0.1, 0.15) is 29.4 Å². The number of nitrogens with zero attached hydrogens (tertiary/aromatic N) is 8. The van der Waals surface area contributed by atoms with E-state index in [1.54, 1.807) is 36.4 Å². The molecule has 0 radical (unpaired) electrons. The molecule has 1 fully saturated rings. The number of para-hydroxylation sites is 2. The number of carbonyl (C=O) groups excluding carboxylic acids is 3. The van der Waals surface area contributed by atoms with Gasteiger partial charge in [0.2, 0.25) is 11.1 Å². The number of aromatic hydroxyl groups is 1. The molecule has 1 unspecified atom stereocenters. The van der Waals surface area contributed by atoms with Gasteiger partial charge < -0.3 is 20.8 Å². The minimum absolute atomic E-state index is 0.0775. The molecular formula is C26H23N11O6S2. The Morgan fingerprint density at radius 2 is 1.91 bits per heavy atom. The number of carbonyl (C=O) groups is 4. The van der Waals surface area contributed by atoms with Gasteiger partial charge in [-0.15, -0.1) is 27.1 Å². The number of nitrogens with one attached hydrogen (secondary N) is 3. The van der Waals surface area contributed by atoms with Crippen molar-refractivity contribution in [1.29, 1.82) is 0 Å². The highest BCUT2D eigenvalue weighted by Crippen LogP contribution is 2.41. The Morgan fingerprint density at radius 3 is 2.69 bits per heavy atom. The Hall–Kier alpha value is -5.30. The Morgan fingerprint density at radius 1 is 1.11 bits per heavy atom. The second-order valence-corrected chi connectivity index (χ2v) is 11.8. The monoisotopic (exact) mass is 649 g/mol. The SMILES string of the molecule is O=C(Cc1ccccc1NC(=O)c1ccccc1O)NC1C(=O)N2C(C(=O)O)=C(CSc3nnnn3Cc3nn[nH]n3)CS[C@H]12. The minimum atomic E-state index is -1.26. The molecule has 2 aliphatic rings. The molecule has 2 aromatic heterocycles. The van der Waals surface area contributed by atoms with Gasteiger partial charge in [0.25, 0.3) is 11.8 Å². The average Bonchev–Trinajstić information content (AvgIpc) is 3.71. The Balaban J connectivity index is 1.09. The first-order valence-electron chi connectivity index (χ1n) is 13.3. The molecule has 2 atom stereocenters. The number of hydrogen-bond acceptors (Lipinski definition) is 13. The third-order valence-corrected chi connectivity index (χ3v) is 9.27. The molecule has 1 saturated heterocycles. The molecule has 0 saturated carbocycles. The average molecular weight is 650 g/mol. The number of anilines is 1. The number of benzene rings is 2. The summed E-state index contributed by atoms with van der Waals surface area (Å²) in [5.74, 6) is -2.12. The molecule has 4 aromatic rings. The summed E-state index contributed by atoms with van der Waals surface area (Å²) in [6, 6.07) is 11.9. The van der Waals surface area contributed by atoms with E-state index in [4.69, 9.17) is 0 Å². The minimum Gasteiger partial charge on any atom is -0.507 e. The molecule has 230 valence electrons. The number of carboxylic acid groups (broad SMARTS) is 1. The summed E-state index contributed by atoms with van der Waals surface area (Å²) in [5, 5.41) is 50.4. The first-order chi connectivity index (χ1) is 21.8. The van der Waals surface area contributed by atoms with Crippen LogP contribution in [0.4, 0.5) is 5.69 Å². The van der Waals surface area contributed by atoms with Gasteiger partial charge in [-0.1, -0.05) is 47.3 Å². The summed E-state index contributed by atoms with van der Waals surface area (Å²) >= 11 is 2.55. The lowest BCUT2D eigenvalue weighted by molar-refractivity contribution is -0.150. The van der Waals surface area contributed by atoms with Crippen LogP contribution in [-0.4, -0.2) is 103 Å². The fourth-order valence-electron chi connectivity index (χ4n) is 4.78. The molecule has 4 heterocycles. The molecule has 6 rings (SSSR count). The molecule has 3 amide bonds. The van der Waals surface area contributed by atoms with Gasteiger partial charge in [-0.25, -0.2) is 9.48 Å². The van der Waals surface area contributed by atoms with Crippen LogP contribution in [0, 0.1) is 0 Å². The van der Waals surface area contributed by atoms with Crippen LogP contribution in [0.15, 0.2) is 65.0 Å². The van der Waals surface area contributed by atoms with E-state index in [-0.39, 0.29) is 35.7 Å². The highest BCUT2D eigenvalue weighted by molar-refractivity contribution is 8.01. The van der Waals surface area contributed by atoms with Gasteiger partial charge in [0, 0.05) is 17.2 Å². The number of carboxylic acids is 1. The second kappa shape index (κ2) is 12.7. The van der Waals surface area contributed by atoms with Crippen molar-refractivity contribution in [3.8, 4) is 5.75 Å². The molecule has 2 aromatic carbocycles. The number of hydrogen-bond donors (Lipinski definition) is 5. The highest BCUT2D eigenvalue weighted by atomic mass is 32.2. The zero-order valence-corrected chi connectivity index (χ0v) is 24.7. The number of phenols is 1. The zero-order chi connectivity index (χ0) is 31.5. The maximum Gasteiger partial charge on any atom is 0.352 e. The molecule has 0 spiro atoms. The van der Waals surface area contributed by atoms with Gasteiger partial charge in [0.15, 0.2) is 5.82 Å². The number of aromatic nitrogens is 8. The van der Waals surface area contributed by atoms with E-state index in [1.807, 2.05) is 0 Å². The Bertz CT molecular complexity index is 1810. The molecule has 0 aliphatic carbocycles. The number of H-pyrrole nitrogens is 1. The van der Waals surface area contributed by atoms with Crippen LogP contribution in [0.25, 0.3) is 0 Å². The van der Waals surface area contributed by atoms with E-state index in [9.17, 15) is 29.4 Å². The zero-order valence-electron chi connectivity index (χ0n) is 23.0. The van der Waals surface area contributed by atoms with E-state index < -0.39 is 35.1 Å². The maximum atomic E-state index is 13.2. The number of aromatic amines is 1. The van der Waals surface area contributed by atoms with E-state index in [0.717, 1.165) is 0 Å². The van der Waals surface area contributed by atoms with Gasteiger partial charge in [-0.3, -0.25) is 19.3 Å². The number of phenolic OH excluding ortho intramolecular Hbond substituents is 1. The normalized spacial score (nSPS) is 17.4. The lowest BCUT2D eigenvalue weighted by atomic mass is 10.0. The summed E-state index contributed by atoms with van der Waals surface area (Å²) in [6.45, 7) is 0.160. The number of amides is 3. The van der Waals surface area contributed by atoms with Crippen molar-refractivity contribution < 1.29 is 29.4 Å². The quantitative estimate of drug-likeness (QED) is 0.108. The van der Waals surface area contributed by atoms with Gasteiger partial charge in [-0.2, -0.15) is 5.21 Å². The number of aliphatic carboxylic acids is 1. The molecule has 45 heavy (non-hydrogen) atoms. The predicted octanol–water partition coefficient (Wildman–Crippen LogP) is 0.266. The molecular weight excluding hydrogens is 626 g/mol. The van der Waals surface area contributed by atoms with E-state index in [0.29, 0.717) is 33.6 Å². The van der Waals surface area contributed by atoms with E-state index in [2.05, 4.69) is 46.8 Å². The van der Waals surface area contributed by atoms with E-state index in [1.165, 1.54) is 45.2 Å². The van der Waals surface area contributed by atoms with Crippen LogP contribution in [0.3, 0.4) is 0 Å². The molecule has 17 nitrogen and oxygen atoms in total. The van der Waals surface area contributed by atoms with Crippen LogP contribution in [0.1, 0.15) is 21.7 Å². The van der Waals surface area contributed by atoms with Crippen molar-refractivity contribution in [2.45, 2.75) is 29.5 Å². The van der Waals surface area contributed by atoms with Crippen molar-refractivity contribution in [2.24, 2.45) is 0 Å². The molecule has 5 N–H and O–H groups in total. The fraction of sp³-hybridized carbons (Fsp3) is 0.231. The maximum absolute atomic E-state index is 13.2. The fourth-order valence-corrected chi connectivity index (χ4v) is 7.14. The Kier molecular flexibility index (Phi) is 8.43. The van der Waals surface area contributed by atoms with Crippen LogP contribution >= 0.6 is 23.5 Å². The smallest absolute Gasteiger partial charge is 0.352 e. The van der Waals surface area contributed by atoms with Crippen molar-refractivity contribution in [1.82, 2.24) is 51.0 Å². The van der Waals surface area contributed by atoms with Crippen LogP contribution in [0.2, 0.25) is 0 Å². The largest absolute Gasteiger partial charge is 0.507 e. The summed E-state index contributed by atoms with van der Waals surface area (Å²) in [4.78, 5) is 52.4. The second-order valence-electron chi connectivity index (χ2n) is 9.75. The van der Waals surface area contributed by atoms with Crippen molar-refractivity contribution in [3.63, 3.8) is 0 Å². The van der Waals surface area contributed by atoms with Gasteiger partial charge in [-0.05, 0) is 39.8 Å². The summed E-state index contributed by atoms with van der Waals surface area (Å²) < 4.78 is 1.45. The number of rotatable bonds is 11. The standard InChI is InChI=1S/C26H23N11O6S2/c38-17-8-4-2-6-15(17)22(40)27-16-7-3-1-5-13(16)9-19(39)28-20-23(41)37-21(25(42)43)14(11-44-24(20)37)12-45-26-31-34-35-36(26)10-18-29-32-33-30-18/h1-8,20,24,38H,9-12H2,(H,27,40)(H,28,39)(H,42,43)(H,29,30,32,33)/t20?,24-/m1/s1. The third-order valence-electron chi connectivity index (χ3n) is 6.89. The summed E-state index contributed by atoms with van der Waals surface area (Å²) in [6.07, 6.45) is -0.152. The number of tetrazole rings is 2. The highest BCUT2D eigenvalue weighted by Gasteiger charge is 2.54. The number of fused-ring (bicyclic) bond motifs is 1. The van der Waals surface area contributed by atoms with E-state index >= 15 is 0 Å². The Labute approximate surface area is 261 Å². The van der Waals surface area contributed by atoms with Crippen LogP contribution < -0.4 is 10.6 Å². The topological polar surface area (TPSA) is 234 Å². The summed E-state index contributed by atoms with van der Waals surface area (Å²) in [5.41, 5.74) is 1.32. The third kappa shape index (κ3) is 6.20. The van der Waals surface area contributed by atoms with Gasteiger partial charge in [0.05, 0.1) is 12.0 Å². The van der Waals surface area contributed by atoms with Crippen molar-refractivity contribution >= 4 is 52.9 Å². The van der Waals surface area contributed by atoms with Gasteiger partial charge >= 0.3 is 5.97 Å². The lowest BCUT2D eigenvalue weighted by Gasteiger charge is -2.49. The first kappa shape index (κ1) is 29.8. The van der Waals surface area contributed by atoms with Crippen LogP contribution in [-0.2, 0) is 27.3 Å². The predicted molar refractivity (Wildman–Crippen MR) is 158 cm³/mol. The van der Waals surface area contributed by atoms with Crippen molar-refractivity contribution in [3.05, 3.63) is 76.8 Å².